The zero-order chi connectivity index (χ0) is 18.1. The lowest BCUT2D eigenvalue weighted by molar-refractivity contribution is -0.121. The third-order valence-electron chi connectivity index (χ3n) is 5.08. The fourth-order valence-electron chi connectivity index (χ4n) is 3.71. The molecule has 2 aromatic rings. The van der Waals surface area contributed by atoms with Gasteiger partial charge in [0.15, 0.2) is 0 Å². The Balaban J connectivity index is 1.31. The molecule has 1 heterocycles. The van der Waals surface area contributed by atoms with Crippen LogP contribution >= 0.6 is 0 Å². The molecule has 132 valence electrons. The number of hydrogen-bond acceptors (Lipinski definition) is 3. The molecule has 5 nitrogen and oxygen atoms in total. The summed E-state index contributed by atoms with van der Waals surface area (Å²) < 4.78 is 0. The van der Waals surface area contributed by atoms with Crippen molar-refractivity contribution < 1.29 is 14.4 Å². The summed E-state index contributed by atoms with van der Waals surface area (Å²) in [5, 5.41) is 2.81. The minimum Gasteiger partial charge on any atom is -0.354 e. The Morgan fingerprint density at radius 2 is 1.65 bits per heavy atom. The van der Waals surface area contributed by atoms with E-state index in [1.165, 1.54) is 23.1 Å². The van der Waals surface area contributed by atoms with E-state index in [0.29, 0.717) is 17.7 Å². The first-order valence-corrected chi connectivity index (χ1v) is 8.96. The van der Waals surface area contributed by atoms with E-state index in [4.69, 9.17) is 0 Å². The Bertz CT molecular complexity index is 869. The maximum atomic E-state index is 12.3. The topological polar surface area (TPSA) is 66.5 Å². The van der Waals surface area contributed by atoms with Crippen molar-refractivity contribution in [2.75, 3.05) is 13.1 Å². The highest BCUT2D eigenvalue weighted by molar-refractivity contribution is 6.22. The Labute approximate surface area is 152 Å². The van der Waals surface area contributed by atoms with Crippen molar-refractivity contribution >= 4 is 17.7 Å². The number of fused-ring (bicyclic) bond motifs is 2. The van der Waals surface area contributed by atoms with Crippen molar-refractivity contribution in [3.63, 3.8) is 0 Å². The van der Waals surface area contributed by atoms with Crippen LogP contribution in [0.3, 0.4) is 0 Å². The molecule has 5 heteroatoms. The lowest BCUT2D eigenvalue weighted by Gasteiger charge is -2.13. The monoisotopic (exact) mass is 348 g/mol. The highest BCUT2D eigenvalue weighted by Crippen LogP contribution is 2.23. The number of carbonyl (C=O) groups is 3. The second-order valence-electron chi connectivity index (χ2n) is 6.80. The molecule has 1 aliphatic carbocycles. The first-order valence-electron chi connectivity index (χ1n) is 8.96. The summed E-state index contributed by atoms with van der Waals surface area (Å²) in [5.74, 6) is -1.13. The van der Waals surface area contributed by atoms with Gasteiger partial charge in [0, 0.05) is 6.54 Å². The smallest absolute Gasteiger partial charge is 0.262 e. The summed E-state index contributed by atoms with van der Waals surface area (Å²) in [6, 6.07) is 13.2. The minimum absolute atomic E-state index is 0.240. The molecule has 4 rings (SSSR count). The van der Waals surface area contributed by atoms with Gasteiger partial charge in [0.1, 0.15) is 6.54 Å². The minimum atomic E-state index is -0.403. The third-order valence-corrected chi connectivity index (χ3v) is 5.08. The zero-order valence-corrected chi connectivity index (χ0v) is 14.5. The van der Waals surface area contributed by atoms with Gasteiger partial charge < -0.3 is 5.32 Å². The molecular weight excluding hydrogens is 328 g/mol. The lowest BCUT2D eigenvalue weighted by Crippen LogP contribution is -2.40. The van der Waals surface area contributed by atoms with Crippen molar-refractivity contribution in [2.45, 2.75) is 25.7 Å². The molecule has 3 amide bonds. The summed E-state index contributed by atoms with van der Waals surface area (Å²) >= 11 is 0. The molecule has 0 radical (unpaired) electrons. The Morgan fingerprint density at radius 1 is 0.962 bits per heavy atom. The van der Waals surface area contributed by atoms with Crippen LogP contribution in [0.1, 0.15) is 43.8 Å². The van der Waals surface area contributed by atoms with Crippen molar-refractivity contribution in [1.29, 1.82) is 0 Å². The van der Waals surface area contributed by atoms with Gasteiger partial charge in [-0.1, -0.05) is 30.3 Å². The van der Waals surface area contributed by atoms with Gasteiger partial charge in [-0.05, 0) is 54.5 Å². The van der Waals surface area contributed by atoms with Crippen LogP contribution in [0.2, 0.25) is 0 Å². The molecule has 26 heavy (non-hydrogen) atoms. The molecule has 2 aromatic carbocycles. The normalized spacial score (nSPS) is 15.2. The molecule has 0 saturated heterocycles. The molecule has 1 aliphatic heterocycles. The predicted molar refractivity (Wildman–Crippen MR) is 97.0 cm³/mol. The van der Waals surface area contributed by atoms with E-state index in [9.17, 15) is 14.4 Å². The van der Waals surface area contributed by atoms with Gasteiger partial charge in [-0.2, -0.15) is 0 Å². The van der Waals surface area contributed by atoms with Crippen LogP contribution < -0.4 is 5.32 Å². The standard InChI is InChI=1S/C21H20N2O3/c24-19(13-23-20(25)17-6-1-2-7-18(17)21(23)26)22-11-10-14-8-9-15-4-3-5-16(15)12-14/h1-2,6-9,12H,3-5,10-11,13H2,(H,22,24). The van der Waals surface area contributed by atoms with Crippen molar-refractivity contribution in [3.05, 3.63) is 70.3 Å². The van der Waals surface area contributed by atoms with E-state index in [1.54, 1.807) is 24.3 Å². The van der Waals surface area contributed by atoms with Crippen LogP contribution in [-0.2, 0) is 24.1 Å². The molecule has 0 fully saturated rings. The zero-order valence-electron chi connectivity index (χ0n) is 14.5. The van der Waals surface area contributed by atoms with E-state index in [0.717, 1.165) is 24.2 Å². The number of nitrogens with zero attached hydrogens (tertiary/aromatic N) is 1. The second kappa shape index (κ2) is 6.75. The molecule has 0 saturated carbocycles. The average molecular weight is 348 g/mol. The van der Waals surface area contributed by atoms with Gasteiger partial charge in [-0.25, -0.2) is 0 Å². The number of nitrogens with one attached hydrogen (secondary N) is 1. The highest BCUT2D eigenvalue weighted by Gasteiger charge is 2.36. The maximum absolute atomic E-state index is 12.3. The predicted octanol–water partition coefficient (Wildman–Crippen LogP) is 2.13. The first kappa shape index (κ1) is 16.5. The number of rotatable bonds is 5. The number of amides is 3. The van der Waals surface area contributed by atoms with Crippen LogP contribution in [0, 0.1) is 0 Å². The van der Waals surface area contributed by atoms with Crippen molar-refractivity contribution in [1.82, 2.24) is 10.2 Å². The number of aryl methyl sites for hydroxylation is 2. The molecule has 0 spiro atoms. The van der Waals surface area contributed by atoms with E-state index >= 15 is 0 Å². The molecule has 0 atom stereocenters. The highest BCUT2D eigenvalue weighted by atomic mass is 16.2. The lowest BCUT2D eigenvalue weighted by atomic mass is 10.0. The van der Waals surface area contributed by atoms with Crippen molar-refractivity contribution in [2.24, 2.45) is 0 Å². The summed E-state index contributed by atoms with van der Waals surface area (Å²) in [5.41, 5.74) is 4.78. The number of hydrogen-bond donors (Lipinski definition) is 1. The van der Waals surface area contributed by atoms with Gasteiger partial charge >= 0.3 is 0 Å². The molecular formula is C21H20N2O3. The van der Waals surface area contributed by atoms with Crippen LogP contribution in [0.25, 0.3) is 0 Å². The summed E-state index contributed by atoms with van der Waals surface area (Å²) in [7, 11) is 0. The van der Waals surface area contributed by atoms with E-state index < -0.39 is 11.8 Å². The van der Waals surface area contributed by atoms with Gasteiger partial charge in [0.2, 0.25) is 5.91 Å². The Morgan fingerprint density at radius 3 is 2.38 bits per heavy atom. The fourth-order valence-corrected chi connectivity index (χ4v) is 3.71. The largest absolute Gasteiger partial charge is 0.354 e. The van der Waals surface area contributed by atoms with Crippen LogP contribution in [0.15, 0.2) is 42.5 Å². The maximum Gasteiger partial charge on any atom is 0.262 e. The Hall–Kier alpha value is -2.95. The molecule has 1 N–H and O–H groups in total. The molecule has 0 bridgehead atoms. The second-order valence-corrected chi connectivity index (χ2v) is 6.80. The van der Waals surface area contributed by atoms with Crippen LogP contribution in [-0.4, -0.2) is 35.7 Å². The number of imide groups is 1. The third kappa shape index (κ3) is 3.01. The molecule has 0 unspecified atom stereocenters. The van der Waals surface area contributed by atoms with Crippen molar-refractivity contribution in [3.8, 4) is 0 Å². The number of carbonyl (C=O) groups excluding carboxylic acids is 3. The SMILES string of the molecule is O=C(CN1C(=O)c2ccccc2C1=O)NCCc1ccc2c(c1)CCC2. The van der Waals surface area contributed by atoms with Gasteiger partial charge in [0.05, 0.1) is 11.1 Å². The first-order chi connectivity index (χ1) is 12.6. The fraction of sp³-hybridized carbons (Fsp3) is 0.286. The van der Waals surface area contributed by atoms with Gasteiger partial charge in [-0.15, -0.1) is 0 Å². The van der Waals surface area contributed by atoms with Gasteiger partial charge in [0.25, 0.3) is 11.8 Å². The molecule has 0 aromatic heterocycles. The Kier molecular flexibility index (Phi) is 4.29. The van der Waals surface area contributed by atoms with Crippen LogP contribution in [0.5, 0.6) is 0 Å². The summed E-state index contributed by atoms with van der Waals surface area (Å²) in [6.07, 6.45) is 4.25. The summed E-state index contributed by atoms with van der Waals surface area (Å²) in [6.45, 7) is 0.247. The van der Waals surface area contributed by atoms with Gasteiger partial charge in [-0.3, -0.25) is 19.3 Å². The molecule has 2 aliphatic rings. The van der Waals surface area contributed by atoms with E-state index in [1.807, 2.05) is 0 Å². The summed E-state index contributed by atoms with van der Waals surface area (Å²) in [4.78, 5) is 37.7. The van der Waals surface area contributed by atoms with Crippen LogP contribution in [0.4, 0.5) is 0 Å². The van der Waals surface area contributed by atoms with E-state index in [2.05, 4.69) is 23.5 Å². The number of benzene rings is 2. The average Bonchev–Trinajstić information content (AvgIpc) is 3.21. The van der Waals surface area contributed by atoms with E-state index in [-0.39, 0.29) is 12.5 Å². The quantitative estimate of drug-likeness (QED) is 0.842.